The number of rotatable bonds is 4. The van der Waals surface area contributed by atoms with Crippen LogP contribution in [-0.4, -0.2) is 72.2 Å². The number of hydroxylamine groups is 1. The van der Waals surface area contributed by atoms with Crippen LogP contribution in [-0.2, 0) is 14.8 Å². The highest BCUT2D eigenvalue weighted by molar-refractivity contribution is 7.89. The smallest absolute Gasteiger partial charge is 0.407 e. The fourth-order valence-corrected chi connectivity index (χ4v) is 5.69. The lowest BCUT2D eigenvalue weighted by Gasteiger charge is -2.37. The standard InChI is InChI=1S/C16H21N3O7S/c1-26-11-2-4-12(5-3-11)27(24,25)19-13(15(20)17-23)8-10-6-7-18(16(21)22)9-14(10)19/h2-5,10,13-14,23H,6-9H2,1H3,(H,17,20)(H,21,22)/t10-,13-,14-/m0/s1. The monoisotopic (exact) mass is 399 g/mol. The van der Waals surface area contributed by atoms with Gasteiger partial charge in [-0.25, -0.2) is 18.7 Å². The van der Waals surface area contributed by atoms with Crippen LogP contribution in [0, 0.1) is 5.92 Å². The van der Waals surface area contributed by atoms with Gasteiger partial charge < -0.3 is 14.7 Å². The molecule has 0 saturated carbocycles. The van der Waals surface area contributed by atoms with Gasteiger partial charge in [0.1, 0.15) is 11.8 Å². The molecule has 2 aliphatic rings. The number of hydrogen-bond donors (Lipinski definition) is 3. The number of methoxy groups -OCH3 is 1. The van der Waals surface area contributed by atoms with Gasteiger partial charge in [0.2, 0.25) is 10.0 Å². The van der Waals surface area contributed by atoms with Gasteiger partial charge in [0.05, 0.1) is 12.0 Å². The number of piperidine rings is 1. The predicted octanol–water partition coefficient (Wildman–Crippen LogP) is 0.332. The lowest BCUT2D eigenvalue weighted by molar-refractivity contribution is -0.132. The normalized spacial score (nSPS) is 25.7. The summed E-state index contributed by atoms with van der Waals surface area (Å²) in [5.74, 6) is -0.521. The number of fused-ring (bicyclic) bond motifs is 1. The minimum atomic E-state index is -4.10. The Balaban J connectivity index is 2.00. The van der Waals surface area contributed by atoms with Crippen molar-refractivity contribution in [2.75, 3.05) is 20.2 Å². The molecule has 1 aromatic carbocycles. The third kappa shape index (κ3) is 3.45. The zero-order valence-electron chi connectivity index (χ0n) is 14.6. The molecule has 0 aromatic heterocycles. The van der Waals surface area contributed by atoms with Crippen LogP contribution in [0.25, 0.3) is 0 Å². The molecule has 1 aromatic rings. The minimum absolute atomic E-state index is 0.0232. The number of carbonyl (C=O) groups excluding carboxylic acids is 1. The second-order valence-electron chi connectivity index (χ2n) is 6.58. The summed E-state index contributed by atoms with van der Waals surface area (Å²) in [5, 5.41) is 18.3. The molecule has 0 bridgehead atoms. The van der Waals surface area contributed by atoms with E-state index in [4.69, 9.17) is 9.94 Å². The van der Waals surface area contributed by atoms with Gasteiger partial charge in [0.15, 0.2) is 0 Å². The summed E-state index contributed by atoms with van der Waals surface area (Å²) in [6.45, 7) is 0.255. The molecule has 27 heavy (non-hydrogen) atoms. The molecule has 3 N–H and O–H groups in total. The fourth-order valence-electron chi connectivity index (χ4n) is 3.85. The summed E-state index contributed by atoms with van der Waals surface area (Å²) in [5.41, 5.74) is 1.53. The van der Waals surface area contributed by atoms with Crippen molar-refractivity contribution in [3.8, 4) is 5.75 Å². The van der Waals surface area contributed by atoms with Crippen LogP contribution in [0.1, 0.15) is 12.8 Å². The van der Waals surface area contributed by atoms with Crippen molar-refractivity contribution >= 4 is 22.0 Å². The molecule has 2 amide bonds. The lowest BCUT2D eigenvalue weighted by Crippen LogP contribution is -2.54. The van der Waals surface area contributed by atoms with Crippen molar-refractivity contribution in [3.63, 3.8) is 0 Å². The highest BCUT2D eigenvalue weighted by Crippen LogP contribution is 2.39. The molecular weight excluding hydrogens is 378 g/mol. The van der Waals surface area contributed by atoms with Crippen molar-refractivity contribution in [1.29, 1.82) is 0 Å². The molecule has 2 fully saturated rings. The van der Waals surface area contributed by atoms with E-state index in [0.717, 1.165) is 9.21 Å². The van der Waals surface area contributed by atoms with Crippen LogP contribution in [0.15, 0.2) is 29.2 Å². The molecule has 11 heteroatoms. The van der Waals surface area contributed by atoms with Gasteiger partial charge in [0, 0.05) is 19.1 Å². The third-order valence-electron chi connectivity index (χ3n) is 5.20. The molecule has 0 unspecified atom stereocenters. The van der Waals surface area contributed by atoms with Gasteiger partial charge in [-0.1, -0.05) is 0 Å². The number of amides is 2. The van der Waals surface area contributed by atoms with Crippen molar-refractivity contribution in [3.05, 3.63) is 24.3 Å². The SMILES string of the molecule is COc1ccc(S(=O)(=O)N2[C@H](C(=O)NO)C[C@@H]3CCN(C(=O)O)C[C@@H]32)cc1. The van der Waals surface area contributed by atoms with E-state index in [1.165, 1.54) is 36.9 Å². The number of sulfonamides is 1. The first kappa shape index (κ1) is 19.4. The Hall–Kier alpha value is -2.37. The molecule has 3 rings (SSSR count). The topological polar surface area (TPSA) is 136 Å². The first-order valence-corrected chi connectivity index (χ1v) is 9.83. The number of nitrogens with zero attached hydrogens (tertiary/aromatic N) is 2. The van der Waals surface area contributed by atoms with Crippen LogP contribution in [0.3, 0.4) is 0 Å². The molecule has 0 radical (unpaired) electrons. The van der Waals surface area contributed by atoms with E-state index in [0.29, 0.717) is 12.2 Å². The second-order valence-corrected chi connectivity index (χ2v) is 8.43. The number of nitrogens with one attached hydrogen (secondary N) is 1. The van der Waals surface area contributed by atoms with Crippen LogP contribution in [0.2, 0.25) is 0 Å². The molecule has 3 atom stereocenters. The summed E-state index contributed by atoms with van der Waals surface area (Å²) in [6.07, 6.45) is -0.467. The van der Waals surface area contributed by atoms with Gasteiger partial charge in [-0.3, -0.25) is 10.0 Å². The van der Waals surface area contributed by atoms with Crippen molar-refractivity contribution < 1.29 is 33.1 Å². The van der Waals surface area contributed by atoms with E-state index in [2.05, 4.69) is 0 Å². The van der Waals surface area contributed by atoms with E-state index in [9.17, 15) is 23.1 Å². The maximum Gasteiger partial charge on any atom is 0.407 e. The zero-order chi connectivity index (χ0) is 19.8. The van der Waals surface area contributed by atoms with Gasteiger partial charge >= 0.3 is 6.09 Å². The third-order valence-corrected chi connectivity index (χ3v) is 7.15. The van der Waals surface area contributed by atoms with E-state index in [1.54, 1.807) is 0 Å². The number of hydrogen-bond acceptors (Lipinski definition) is 6. The Bertz CT molecular complexity index is 827. The Kier molecular flexibility index (Phi) is 5.27. The molecule has 2 heterocycles. The number of carboxylic acid groups (broad SMARTS) is 1. The molecule has 0 spiro atoms. The largest absolute Gasteiger partial charge is 0.497 e. The molecule has 2 aliphatic heterocycles. The number of carbonyl (C=O) groups is 2. The van der Waals surface area contributed by atoms with Crippen LogP contribution < -0.4 is 10.2 Å². The van der Waals surface area contributed by atoms with E-state index in [-0.39, 0.29) is 30.3 Å². The predicted molar refractivity (Wildman–Crippen MR) is 91.8 cm³/mol. The van der Waals surface area contributed by atoms with E-state index in [1.807, 2.05) is 0 Å². The molecular formula is C16H21N3O7S. The quantitative estimate of drug-likeness (QED) is 0.490. The average Bonchev–Trinajstić information content (AvgIpc) is 3.06. The molecule has 10 nitrogen and oxygen atoms in total. The van der Waals surface area contributed by atoms with Crippen molar-refractivity contribution in [2.45, 2.75) is 29.8 Å². The van der Waals surface area contributed by atoms with Crippen molar-refractivity contribution in [1.82, 2.24) is 14.7 Å². The molecule has 2 saturated heterocycles. The van der Waals surface area contributed by atoms with Gasteiger partial charge in [0.25, 0.3) is 5.91 Å². The lowest BCUT2D eigenvalue weighted by atomic mass is 9.91. The molecule has 0 aliphatic carbocycles. The van der Waals surface area contributed by atoms with Crippen LogP contribution in [0.5, 0.6) is 5.75 Å². The fraction of sp³-hybridized carbons (Fsp3) is 0.500. The maximum atomic E-state index is 13.3. The van der Waals surface area contributed by atoms with Crippen LogP contribution in [0.4, 0.5) is 4.79 Å². The van der Waals surface area contributed by atoms with Gasteiger partial charge in [-0.05, 0) is 43.0 Å². The van der Waals surface area contributed by atoms with Gasteiger partial charge in [-0.15, -0.1) is 0 Å². The van der Waals surface area contributed by atoms with Gasteiger partial charge in [-0.2, -0.15) is 4.31 Å². The summed E-state index contributed by atoms with van der Waals surface area (Å²) in [4.78, 5) is 24.6. The Morgan fingerprint density at radius 2 is 1.93 bits per heavy atom. The van der Waals surface area contributed by atoms with Crippen LogP contribution >= 0.6 is 0 Å². The average molecular weight is 399 g/mol. The Morgan fingerprint density at radius 3 is 2.48 bits per heavy atom. The second kappa shape index (κ2) is 7.33. The highest BCUT2D eigenvalue weighted by atomic mass is 32.2. The number of likely N-dealkylation sites (tertiary alicyclic amines) is 1. The first-order chi connectivity index (χ1) is 12.8. The molecule has 148 valence electrons. The van der Waals surface area contributed by atoms with Crippen molar-refractivity contribution in [2.24, 2.45) is 5.92 Å². The highest BCUT2D eigenvalue weighted by Gasteiger charge is 2.52. The summed E-state index contributed by atoms with van der Waals surface area (Å²) in [7, 11) is -2.64. The number of benzene rings is 1. The number of ether oxygens (including phenoxy) is 1. The Labute approximate surface area is 156 Å². The Morgan fingerprint density at radius 1 is 1.26 bits per heavy atom. The minimum Gasteiger partial charge on any atom is -0.497 e. The summed E-state index contributed by atoms with van der Waals surface area (Å²) in [6, 6.07) is 3.94. The van der Waals surface area contributed by atoms with E-state index >= 15 is 0 Å². The summed E-state index contributed by atoms with van der Waals surface area (Å²) >= 11 is 0. The first-order valence-electron chi connectivity index (χ1n) is 8.39. The maximum absolute atomic E-state index is 13.3. The summed E-state index contributed by atoms with van der Waals surface area (Å²) < 4.78 is 32.6. The zero-order valence-corrected chi connectivity index (χ0v) is 15.4. The van der Waals surface area contributed by atoms with E-state index < -0.39 is 34.1 Å².